The molecule has 0 bridgehead atoms. The quantitative estimate of drug-likeness (QED) is 0.806. The van der Waals surface area contributed by atoms with Crippen LogP contribution in [0, 0.1) is 0 Å². The Morgan fingerprint density at radius 2 is 2.19 bits per heavy atom. The summed E-state index contributed by atoms with van der Waals surface area (Å²) in [4.78, 5) is 18.9. The van der Waals surface area contributed by atoms with Gasteiger partial charge in [-0.2, -0.15) is 0 Å². The van der Waals surface area contributed by atoms with Gasteiger partial charge in [0, 0.05) is 25.0 Å². The molecule has 6 nitrogen and oxygen atoms in total. The van der Waals surface area contributed by atoms with Gasteiger partial charge in [-0.1, -0.05) is 26.0 Å². The lowest BCUT2D eigenvalue weighted by atomic mass is 10.0. The second-order valence-corrected chi connectivity index (χ2v) is 7.45. The summed E-state index contributed by atoms with van der Waals surface area (Å²) in [5.41, 5.74) is 2.16. The summed E-state index contributed by atoms with van der Waals surface area (Å²) in [7, 11) is 0. The van der Waals surface area contributed by atoms with E-state index in [1.165, 1.54) is 16.9 Å². The zero-order valence-electron chi connectivity index (χ0n) is 15.2. The fraction of sp³-hybridized carbons (Fsp3) is 0.474. The molecule has 0 unspecified atom stereocenters. The third kappa shape index (κ3) is 5.52. The summed E-state index contributed by atoms with van der Waals surface area (Å²) in [6.07, 6.45) is 0. The lowest BCUT2D eigenvalue weighted by Crippen LogP contribution is -2.35. The molecule has 1 saturated heterocycles. The Kier molecular flexibility index (Phi) is 6.60. The fourth-order valence-corrected chi connectivity index (χ4v) is 3.41. The number of aromatic nitrogens is 1. The predicted molar refractivity (Wildman–Crippen MR) is 103 cm³/mol. The molecule has 2 heterocycles. The molecule has 140 valence electrons. The Labute approximate surface area is 158 Å². The minimum absolute atomic E-state index is 0.0279. The van der Waals surface area contributed by atoms with Crippen molar-refractivity contribution in [3.05, 3.63) is 40.9 Å². The van der Waals surface area contributed by atoms with E-state index in [0.717, 1.165) is 38.5 Å². The highest BCUT2D eigenvalue weighted by atomic mass is 32.1. The summed E-state index contributed by atoms with van der Waals surface area (Å²) in [5.74, 6) is 0.929. The lowest BCUT2D eigenvalue weighted by molar-refractivity contribution is -0.118. The summed E-state index contributed by atoms with van der Waals surface area (Å²) < 4.78 is 11.0. The molecule has 1 aliphatic rings. The number of thiazole rings is 1. The van der Waals surface area contributed by atoms with Crippen molar-refractivity contribution in [3.8, 4) is 5.75 Å². The topological polar surface area (TPSA) is 63.7 Å². The number of hydrogen-bond acceptors (Lipinski definition) is 6. The van der Waals surface area contributed by atoms with Gasteiger partial charge in [-0.3, -0.25) is 15.0 Å². The van der Waals surface area contributed by atoms with E-state index in [0.29, 0.717) is 16.8 Å². The Balaban J connectivity index is 1.47. The van der Waals surface area contributed by atoms with Crippen molar-refractivity contribution in [1.29, 1.82) is 0 Å². The molecule has 0 atom stereocenters. The Morgan fingerprint density at radius 3 is 2.96 bits per heavy atom. The van der Waals surface area contributed by atoms with E-state index in [4.69, 9.17) is 9.47 Å². The molecular weight excluding hydrogens is 350 g/mol. The van der Waals surface area contributed by atoms with Crippen LogP contribution >= 0.6 is 11.3 Å². The van der Waals surface area contributed by atoms with E-state index < -0.39 is 0 Å². The molecule has 1 aromatic carbocycles. The van der Waals surface area contributed by atoms with E-state index in [1.54, 1.807) is 0 Å². The Bertz CT molecular complexity index is 726. The number of ether oxygens (including phenoxy) is 2. The molecule has 1 aliphatic heterocycles. The van der Waals surface area contributed by atoms with Gasteiger partial charge in [0.15, 0.2) is 11.7 Å². The van der Waals surface area contributed by atoms with Crippen LogP contribution in [0.1, 0.15) is 31.0 Å². The van der Waals surface area contributed by atoms with Gasteiger partial charge in [0.25, 0.3) is 5.91 Å². The van der Waals surface area contributed by atoms with Gasteiger partial charge in [-0.15, -0.1) is 11.3 Å². The van der Waals surface area contributed by atoms with E-state index in [-0.39, 0.29) is 12.5 Å². The van der Waals surface area contributed by atoms with E-state index in [2.05, 4.69) is 35.1 Å². The highest BCUT2D eigenvalue weighted by molar-refractivity contribution is 7.13. The van der Waals surface area contributed by atoms with Crippen LogP contribution in [0.15, 0.2) is 29.6 Å². The number of amides is 1. The van der Waals surface area contributed by atoms with Gasteiger partial charge in [-0.05, 0) is 23.6 Å². The van der Waals surface area contributed by atoms with Crippen molar-refractivity contribution in [1.82, 2.24) is 9.88 Å². The zero-order chi connectivity index (χ0) is 18.4. The largest absolute Gasteiger partial charge is 0.484 e. The standard InChI is InChI=1S/C19H25N3O3S/c1-14(2)15-4-3-5-17(10-15)25-12-18(23)21-19-20-16(13-26-19)11-22-6-8-24-9-7-22/h3-5,10,13-14H,6-9,11-12H2,1-2H3,(H,20,21,23). The van der Waals surface area contributed by atoms with Gasteiger partial charge in [0.1, 0.15) is 5.75 Å². The van der Waals surface area contributed by atoms with Crippen LogP contribution in [0.4, 0.5) is 5.13 Å². The first-order valence-electron chi connectivity index (χ1n) is 8.87. The van der Waals surface area contributed by atoms with Crippen LogP contribution in [0.3, 0.4) is 0 Å². The number of anilines is 1. The minimum atomic E-state index is -0.202. The third-order valence-corrected chi connectivity index (χ3v) is 4.99. The number of benzene rings is 1. The number of rotatable bonds is 7. The predicted octanol–water partition coefficient (Wildman–Crippen LogP) is 3.12. The van der Waals surface area contributed by atoms with Crippen molar-refractivity contribution in [2.45, 2.75) is 26.3 Å². The maximum absolute atomic E-state index is 12.1. The maximum Gasteiger partial charge on any atom is 0.264 e. The molecule has 1 N–H and O–H groups in total. The van der Waals surface area contributed by atoms with Crippen molar-refractivity contribution in [2.75, 3.05) is 38.2 Å². The van der Waals surface area contributed by atoms with Crippen molar-refractivity contribution in [2.24, 2.45) is 0 Å². The summed E-state index contributed by atoms with van der Waals surface area (Å²) in [6, 6.07) is 7.84. The van der Waals surface area contributed by atoms with Crippen molar-refractivity contribution in [3.63, 3.8) is 0 Å². The molecule has 1 aromatic heterocycles. The zero-order valence-corrected chi connectivity index (χ0v) is 16.1. The molecule has 3 rings (SSSR count). The normalized spacial score (nSPS) is 15.2. The third-order valence-electron chi connectivity index (χ3n) is 4.18. The molecule has 26 heavy (non-hydrogen) atoms. The van der Waals surface area contributed by atoms with Gasteiger partial charge < -0.3 is 9.47 Å². The monoisotopic (exact) mass is 375 g/mol. The molecular formula is C19H25N3O3S. The highest BCUT2D eigenvalue weighted by Crippen LogP contribution is 2.20. The summed E-state index contributed by atoms with van der Waals surface area (Å²) >= 11 is 1.44. The first-order valence-corrected chi connectivity index (χ1v) is 9.75. The summed E-state index contributed by atoms with van der Waals surface area (Å²) in [5, 5.41) is 5.40. The van der Waals surface area contributed by atoms with Crippen LogP contribution in [0.5, 0.6) is 5.75 Å². The average Bonchev–Trinajstić information content (AvgIpc) is 3.08. The van der Waals surface area contributed by atoms with Crippen LogP contribution in [-0.2, 0) is 16.1 Å². The van der Waals surface area contributed by atoms with Gasteiger partial charge in [0.2, 0.25) is 0 Å². The smallest absolute Gasteiger partial charge is 0.264 e. The van der Waals surface area contributed by atoms with Crippen molar-refractivity contribution < 1.29 is 14.3 Å². The number of carbonyl (C=O) groups is 1. The first kappa shape index (κ1) is 18.8. The van der Waals surface area contributed by atoms with E-state index >= 15 is 0 Å². The second kappa shape index (κ2) is 9.12. The van der Waals surface area contributed by atoms with Gasteiger partial charge >= 0.3 is 0 Å². The lowest BCUT2D eigenvalue weighted by Gasteiger charge is -2.25. The number of hydrogen-bond donors (Lipinski definition) is 1. The molecule has 1 amide bonds. The minimum Gasteiger partial charge on any atom is -0.484 e. The molecule has 7 heteroatoms. The Morgan fingerprint density at radius 1 is 1.38 bits per heavy atom. The second-order valence-electron chi connectivity index (χ2n) is 6.60. The van der Waals surface area contributed by atoms with Crippen LogP contribution in [-0.4, -0.2) is 48.7 Å². The highest BCUT2D eigenvalue weighted by Gasteiger charge is 2.13. The fourth-order valence-electron chi connectivity index (χ4n) is 2.69. The molecule has 0 spiro atoms. The number of nitrogens with one attached hydrogen (secondary N) is 1. The van der Waals surface area contributed by atoms with Gasteiger partial charge in [-0.25, -0.2) is 4.98 Å². The molecule has 0 aliphatic carbocycles. The summed E-state index contributed by atoms with van der Waals surface area (Å²) in [6.45, 7) is 8.39. The number of morpholine rings is 1. The van der Waals surface area contributed by atoms with Crippen LogP contribution < -0.4 is 10.1 Å². The molecule has 1 fully saturated rings. The number of nitrogens with zero attached hydrogens (tertiary/aromatic N) is 2. The molecule has 0 radical (unpaired) electrons. The maximum atomic E-state index is 12.1. The van der Waals surface area contributed by atoms with E-state index in [1.807, 2.05) is 23.6 Å². The van der Waals surface area contributed by atoms with Crippen LogP contribution in [0.25, 0.3) is 0 Å². The van der Waals surface area contributed by atoms with Gasteiger partial charge in [0.05, 0.1) is 18.9 Å². The Hall–Kier alpha value is -1.96. The average molecular weight is 375 g/mol. The number of carbonyl (C=O) groups excluding carboxylic acids is 1. The molecule has 0 saturated carbocycles. The first-order chi connectivity index (χ1) is 12.6. The molecule has 2 aromatic rings. The van der Waals surface area contributed by atoms with E-state index in [9.17, 15) is 4.79 Å². The van der Waals surface area contributed by atoms with Crippen LogP contribution in [0.2, 0.25) is 0 Å². The van der Waals surface area contributed by atoms with Crippen molar-refractivity contribution >= 4 is 22.4 Å². The SMILES string of the molecule is CC(C)c1cccc(OCC(=O)Nc2nc(CN3CCOCC3)cs2)c1.